The normalized spacial score (nSPS) is 11.2. The van der Waals surface area contributed by atoms with Crippen LogP contribution in [0.1, 0.15) is 12.0 Å². The largest absolute Gasteiger partial charge is 0.340 e. The highest BCUT2D eigenvalue weighted by molar-refractivity contribution is 7.98. The standard InChI is InChI=1S/C19H23N5S/c1-23(2)13-6-14-24-18(17-9-11-20-12-10-17)21-22-19(24)25-15-16-7-4-3-5-8-16/h3-5,7-12H,6,13-15H2,1-2H3/p+1. The molecule has 0 amide bonds. The van der Waals surface area contributed by atoms with Gasteiger partial charge in [-0.15, -0.1) is 10.2 Å². The molecule has 2 heterocycles. The lowest BCUT2D eigenvalue weighted by atomic mass is 10.2. The molecule has 1 N–H and O–H groups in total. The molecule has 25 heavy (non-hydrogen) atoms. The van der Waals surface area contributed by atoms with Crippen molar-refractivity contribution in [3.8, 4) is 11.4 Å². The maximum atomic E-state index is 4.45. The first-order valence-electron chi connectivity index (χ1n) is 8.53. The molecule has 6 heteroatoms. The number of benzene rings is 1. The molecule has 0 saturated heterocycles. The van der Waals surface area contributed by atoms with Crippen molar-refractivity contribution in [1.29, 1.82) is 0 Å². The molecule has 130 valence electrons. The number of nitrogens with one attached hydrogen (secondary N) is 1. The minimum atomic E-state index is 0.897. The van der Waals surface area contributed by atoms with E-state index in [4.69, 9.17) is 0 Å². The average Bonchev–Trinajstić information content (AvgIpc) is 3.04. The first-order chi connectivity index (χ1) is 12.2. The lowest BCUT2D eigenvalue weighted by molar-refractivity contribution is -0.858. The summed E-state index contributed by atoms with van der Waals surface area (Å²) < 4.78 is 2.24. The number of hydrogen-bond donors (Lipinski definition) is 1. The van der Waals surface area contributed by atoms with Crippen molar-refractivity contribution in [2.45, 2.75) is 23.9 Å². The zero-order chi connectivity index (χ0) is 17.5. The SMILES string of the molecule is C[NH+](C)CCCn1c(SCc2ccccc2)nnc1-c1ccncc1. The van der Waals surface area contributed by atoms with Gasteiger partial charge in [-0.05, 0) is 17.7 Å². The predicted octanol–water partition coefficient (Wildman–Crippen LogP) is 2.17. The maximum Gasteiger partial charge on any atom is 0.191 e. The monoisotopic (exact) mass is 354 g/mol. The highest BCUT2D eigenvalue weighted by Crippen LogP contribution is 2.26. The second-order valence-electron chi connectivity index (χ2n) is 6.28. The van der Waals surface area contributed by atoms with Crippen molar-refractivity contribution in [1.82, 2.24) is 19.7 Å². The molecule has 0 saturated carbocycles. The van der Waals surface area contributed by atoms with Gasteiger partial charge in [0.15, 0.2) is 11.0 Å². The third-order valence-electron chi connectivity index (χ3n) is 3.92. The van der Waals surface area contributed by atoms with E-state index in [-0.39, 0.29) is 0 Å². The van der Waals surface area contributed by atoms with Gasteiger partial charge in [0.1, 0.15) is 0 Å². The molecule has 0 spiro atoms. The van der Waals surface area contributed by atoms with Gasteiger partial charge in [-0.3, -0.25) is 4.98 Å². The molecule has 2 aromatic heterocycles. The van der Waals surface area contributed by atoms with Crippen molar-refractivity contribution in [2.24, 2.45) is 0 Å². The van der Waals surface area contributed by atoms with Crippen molar-refractivity contribution in [3.05, 3.63) is 60.4 Å². The average molecular weight is 355 g/mol. The van der Waals surface area contributed by atoms with E-state index in [0.29, 0.717) is 0 Å². The first kappa shape index (κ1) is 17.6. The zero-order valence-corrected chi connectivity index (χ0v) is 15.5. The molecule has 0 unspecified atom stereocenters. The summed E-state index contributed by atoms with van der Waals surface area (Å²) in [6.45, 7) is 2.05. The topological polar surface area (TPSA) is 48.0 Å². The summed E-state index contributed by atoms with van der Waals surface area (Å²) in [5.41, 5.74) is 2.36. The second-order valence-corrected chi connectivity index (χ2v) is 7.22. The smallest absolute Gasteiger partial charge is 0.191 e. The van der Waals surface area contributed by atoms with Gasteiger partial charge in [-0.2, -0.15) is 0 Å². The number of quaternary nitrogens is 1. The van der Waals surface area contributed by atoms with Crippen molar-refractivity contribution >= 4 is 11.8 Å². The fourth-order valence-electron chi connectivity index (χ4n) is 2.62. The van der Waals surface area contributed by atoms with Gasteiger partial charge >= 0.3 is 0 Å². The fourth-order valence-corrected chi connectivity index (χ4v) is 3.54. The molecule has 5 nitrogen and oxygen atoms in total. The summed E-state index contributed by atoms with van der Waals surface area (Å²) in [6, 6.07) is 14.5. The van der Waals surface area contributed by atoms with E-state index in [1.54, 1.807) is 24.2 Å². The summed E-state index contributed by atoms with van der Waals surface area (Å²) in [5, 5.41) is 9.88. The molecular formula is C19H24N5S+. The molecule has 0 aliphatic heterocycles. The Morgan fingerprint density at radius 1 is 1.00 bits per heavy atom. The number of nitrogens with zero attached hydrogens (tertiary/aromatic N) is 4. The van der Waals surface area contributed by atoms with Crippen LogP contribution in [0, 0.1) is 0 Å². The fraction of sp³-hybridized carbons (Fsp3) is 0.316. The lowest BCUT2D eigenvalue weighted by Crippen LogP contribution is -3.05. The third kappa shape index (κ3) is 4.90. The summed E-state index contributed by atoms with van der Waals surface area (Å²) >= 11 is 1.74. The highest BCUT2D eigenvalue weighted by atomic mass is 32.2. The van der Waals surface area contributed by atoms with Gasteiger partial charge < -0.3 is 9.47 Å². The van der Waals surface area contributed by atoms with Gasteiger partial charge in [0.05, 0.1) is 20.6 Å². The van der Waals surface area contributed by atoms with Crippen LogP contribution < -0.4 is 4.90 Å². The first-order valence-corrected chi connectivity index (χ1v) is 9.52. The van der Waals surface area contributed by atoms with E-state index in [1.165, 1.54) is 10.5 Å². The van der Waals surface area contributed by atoms with E-state index >= 15 is 0 Å². The molecule has 0 radical (unpaired) electrons. The van der Waals surface area contributed by atoms with E-state index < -0.39 is 0 Å². The number of rotatable bonds is 8. The summed E-state index contributed by atoms with van der Waals surface area (Å²) in [6.07, 6.45) is 4.70. The highest BCUT2D eigenvalue weighted by Gasteiger charge is 2.14. The zero-order valence-electron chi connectivity index (χ0n) is 14.7. The Hall–Kier alpha value is -2.18. The van der Waals surface area contributed by atoms with Crippen LogP contribution in [0.25, 0.3) is 11.4 Å². The maximum absolute atomic E-state index is 4.45. The van der Waals surface area contributed by atoms with E-state index in [9.17, 15) is 0 Å². The Balaban J connectivity index is 1.80. The molecule has 0 atom stereocenters. The summed E-state index contributed by atoms with van der Waals surface area (Å²) in [4.78, 5) is 5.56. The quantitative estimate of drug-likeness (QED) is 0.630. The molecule has 0 aliphatic rings. The van der Waals surface area contributed by atoms with Gasteiger partial charge in [0, 0.05) is 36.7 Å². The van der Waals surface area contributed by atoms with Gasteiger partial charge in [0.25, 0.3) is 0 Å². The van der Waals surface area contributed by atoms with Crippen LogP contribution in [0.15, 0.2) is 60.0 Å². The van der Waals surface area contributed by atoms with E-state index in [0.717, 1.165) is 41.8 Å². The Labute approximate surface area is 153 Å². The van der Waals surface area contributed by atoms with Crippen LogP contribution in [0.4, 0.5) is 0 Å². The summed E-state index contributed by atoms with van der Waals surface area (Å²) in [7, 11) is 4.36. The Kier molecular flexibility index (Phi) is 6.19. The molecule has 3 aromatic rings. The second kappa shape index (κ2) is 8.78. The van der Waals surface area contributed by atoms with Crippen LogP contribution in [0.2, 0.25) is 0 Å². The van der Waals surface area contributed by atoms with Crippen LogP contribution in [-0.2, 0) is 12.3 Å². The number of aromatic nitrogens is 4. The van der Waals surface area contributed by atoms with Crippen molar-refractivity contribution in [3.63, 3.8) is 0 Å². The Morgan fingerprint density at radius 2 is 1.76 bits per heavy atom. The minimum Gasteiger partial charge on any atom is -0.340 e. The van der Waals surface area contributed by atoms with E-state index in [1.807, 2.05) is 18.2 Å². The van der Waals surface area contributed by atoms with Gasteiger partial charge in [0.2, 0.25) is 0 Å². The molecule has 0 bridgehead atoms. The molecular weight excluding hydrogens is 330 g/mol. The van der Waals surface area contributed by atoms with Crippen molar-refractivity contribution in [2.75, 3.05) is 20.6 Å². The van der Waals surface area contributed by atoms with E-state index in [2.05, 4.69) is 58.1 Å². The lowest BCUT2D eigenvalue weighted by Gasteiger charge is -2.11. The van der Waals surface area contributed by atoms with Crippen LogP contribution >= 0.6 is 11.8 Å². The predicted molar refractivity (Wildman–Crippen MR) is 102 cm³/mol. The Morgan fingerprint density at radius 3 is 2.48 bits per heavy atom. The van der Waals surface area contributed by atoms with Crippen LogP contribution in [0.3, 0.4) is 0 Å². The number of pyridine rings is 1. The van der Waals surface area contributed by atoms with Crippen LogP contribution in [0.5, 0.6) is 0 Å². The van der Waals surface area contributed by atoms with Crippen LogP contribution in [-0.4, -0.2) is 40.4 Å². The van der Waals surface area contributed by atoms with Gasteiger partial charge in [-0.1, -0.05) is 42.1 Å². The Bertz CT molecular complexity index is 771. The minimum absolute atomic E-state index is 0.897. The van der Waals surface area contributed by atoms with Gasteiger partial charge in [-0.25, -0.2) is 0 Å². The number of thioether (sulfide) groups is 1. The number of hydrogen-bond acceptors (Lipinski definition) is 4. The summed E-state index contributed by atoms with van der Waals surface area (Å²) in [5.74, 6) is 1.82. The molecule has 1 aromatic carbocycles. The van der Waals surface area contributed by atoms with Crippen molar-refractivity contribution < 1.29 is 4.90 Å². The molecule has 0 fully saturated rings. The molecule has 0 aliphatic carbocycles. The third-order valence-corrected chi connectivity index (χ3v) is 4.96. The molecule has 3 rings (SSSR count).